The van der Waals surface area contributed by atoms with Crippen molar-refractivity contribution < 1.29 is 18.7 Å². The zero-order valence-corrected chi connectivity index (χ0v) is 16.1. The predicted molar refractivity (Wildman–Crippen MR) is 99.7 cm³/mol. The van der Waals surface area contributed by atoms with E-state index < -0.39 is 11.4 Å². The maximum Gasteiger partial charge on any atom is 0.326 e. The van der Waals surface area contributed by atoms with Crippen LogP contribution in [0.5, 0.6) is 5.75 Å². The van der Waals surface area contributed by atoms with Crippen molar-refractivity contribution in [3.63, 3.8) is 0 Å². The Hall–Kier alpha value is -2.15. The molecule has 0 radical (unpaired) electrons. The van der Waals surface area contributed by atoms with Crippen molar-refractivity contribution >= 4 is 11.9 Å². The zero-order chi connectivity index (χ0) is 19.4. The van der Waals surface area contributed by atoms with Crippen LogP contribution in [0.25, 0.3) is 0 Å². The molecule has 148 valence electrons. The van der Waals surface area contributed by atoms with Gasteiger partial charge in [0.2, 0.25) is 0 Å². The summed E-state index contributed by atoms with van der Waals surface area (Å²) in [5, 5.41) is 2.96. The molecule has 6 nitrogen and oxygen atoms in total. The highest BCUT2D eigenvalue weighted by Crippen LogP contribution is 2.32. The largest absolute Gasteiger partial charge is 0.494 e. The van der Waals surface area contributed by atoms with Gasteiger partial charge in [-0.2, -0.15) is 0 Å². The number of urea groups is 1. The quantitative estimate of drug-likeness (QED) is 0.800. The number of nitrogens with zero attached hydrogens (tertiary/aromatic N) is 2. The Bertz CT molecular complexity index is 702. The lowest BCUT2D eigenvalue weighted by molar-refractivity contribution is -0.133. The summed E-state index contributed by atoms with van der Waals surface area (Å²) in [6.07, 6.45) is 6.75. The van der Waals surface area contributed by atoms with Crippen LogP contribution in [0.3, 0.4) is 0 Å². The van der Waals surface area contributed by atoms with Crippen molar-refractivity contribution in [1.29, 1.82) is 0 Å². The number of amides is 3. The minimum atomic E-state index is -0.732. The Labute approximate surface area is 159 Å². The predicted octanol–water partition coefficient (Wildman–Crippen LogP) is 3.26. The topological polar surface area (TPSA) is 61.9 Å². The molecule has 1 saturated carbocycles. The summed E-state index contributed by atoms with van der Waals surface area (Å²) >= 11 is 0. The molecule has 1 heterocycles. The number of carbonyl (C=O) groups is 2. The van der Waals surface area contributed by atoms with E-state index in [4.69, 9.17) is 4.74 Å². The standard InChI is InChI=1S/C20H28FN3O3/c1-23(13-15-8-9-17(27-2)16(21)12-15)14-24-18(25)20(22-19(24)26)10-6-4-3-5-7-11-20/h8-9,12H,3-7,10-11,13-14H2,1-2H3,(H,22,26). The number of methoxy groups -OCH3 is 1. The van der Waals surface area contributed by atoms with Crippen LogP contribution in [0.4, 0.5) is 9.18 Å². The first-order valence-electron chi connectivity index (χ1n) is 9.60. The number of rotatable bonds is 5. The van der Waals surface area contributed by atoms with Gasteiger partial charge in [0.15, 0.2) is 11.6 Å². The second-order valence-corrected chi connectivity index (χ2v) is 7.64. The molecule has 1 aromatic rings. The molecule has 0 aromatic heterocycles. The number of ether oxygens (including phenoxy) is 1. The average Bonchev–Trinajstić information content (AvgIpc) is 2.83. The van der Waals surface area contributed by atoms with E-state index in [0.717, 1.165) is 31.2 Å². The van der Waals surface area contributed by atoms with Crippen LogP contribution in [-0.2, 0) is 11.3 Å². The third kappa shape index (κ3) is 4.24. The molecule has 1 aliphatic heterocycles. The van der Waals surface area contributed by atoms with Gasteiger partial charge in [0.1, 0.15) is 5.54 Å². The fraction of sp³-hybridized carbons (Fsp3) is 0.600. The number of nitrogens with one attached hydrogen (secondary N) is 1. The first kappa shape index (κ1) is 19.6. The van der Waals surface area contributed by atoms with Gasteiger partial charge < -0.3 is 10.1 Å². The van der Waals surface area contributed by atoms with Crippen molar-refractivity contribution in [3.05, 3.63) is 29.6 Å². The van der Waals surface area contributed by atoms with Crippen LogP contribution < -0.4 is 10.1 Å². The molecule has 0 unspecified atom stereocenters. The fourth-order valence-electron chi connectivity index (χ4n) is 4.06. The molecular formula is C20H28FN3O3. The third-order valence-electron chi connectivity index (χ3n) is 5.50. The van der Waals surface area contributed by atoms with Crippen LogP contribution in [0.2, 0.25) is 0 Å². The molecule has 27 heavy (non-hydrogen) atoms. The van der Waals surface area contributed by atoms with E-state index in [0.29, 0.717) is 19.4 Å². The molecule has 3 rings (SSSR count). The lowest BCUT2D eigenvalue weighted by atomic mass is 9.84. The highest BCUT2D eigenvalue weighted by Gasteiger charge is 2.50. The van der Waals surface area contributed by atoms with Crippen LogP contribution in [0.15, 0.2) is 18.2 Å². The third-order valence-corrected chi connectivity index (χ3v) is 5.50. The van der Waals surface area contributed by atoms with Gasteiger partial charge in [-0.1, -0.05) is 38.2 Å². The number of carbonyl (C=O) groups excluding carboxylic acids is 2. The zero-order valence-electron chi connectivity index (χ0n) is 16.1. The summed E-state index contributed by atoms with van der Waals surface area (Å²) in [5.41, 5.74) is 0.0217. The number of imide groups is 1. The van der Waals surface area contributed by atoms with Gasteiger partial charge >= 0.3 is 6.03 Å². The van der Waals surface area contributed by atoms with Crippen LogP contribution in [0, 0.1) is 5.82 Å². The van der Waals surface area contributed by atoms with Crippen molar-refractivity contribution in [1.82, 2.24) is 15.1 Å². The monoisotopic (exact) mass is 377 g/mol. The molecule has 0 atom stereocenters. The van der Waals surface area contributed by atoms with Gasteiger partial charge in [-0.15, -0.1) is 0 Å². The molecule has 0 bridgehead atoms. The SMILES string of the molecule is COc1ccc(CN(C)CN2C(=O)NC3(CCCCCCC3)C2=O)cc1F. The maximum absolute atomic E-state index is 13.9. The van der Waals surface area contributed by atoms with Crippen LogP contribution in [0.1, 0.15) is 50.5 Å². The summed E-state index contributed by atoms with van der Waals surface area (Å²) < 4.78 is 18.8. The average molecular weight is 377 g/mol. The van der Waals surface area contributed by atoms with Gasteiger partial charge in [-0.05, 0) is 37.6 Å². The van der Waals surface area contributed by atoms with Gasteiger partial charge in [0.05, 0.1) is 13.8 Å². The van der Waals surface area contributed by atoms with E-state index in [2.05, 4.69) is 5.32 Å². The molecular weight excluding hydrogens is 349 g/mol. The van der Waals surface area contributed by atoms with Crippen LogP contribution in [-0.4, -0.2) is 48.1 Å². The van der Waals surface area contributed by atoms with E-state index in [9.17, 15) is 14.0 Å². The van der Waals surface area contributed by atoms with E-state index in [1.165, 1.54) is 24.5 Å². The molecule has 1 saturated heterocycles. The Kier molecular flexibility index (Phi) is 5.99. The van der Waals surface area contributed by atoms with E-state index in [-0.39, 0.29) is 24.4 Å². The molecule has 1 aromatic carbocycles. The fourth-order valence-corrected chi connectivity index (χ4v) is 4.06. The molecule has 7 heteroatoms. The maximum atomic E-state index is 13.9. The van der Waals surface area contributed by atoms with Gasteiger partial charge in [0, 0.05) is 6.54 Å². The minimum absolute atomic E-state index is 0.123. The Morgan fingerprint density at radius 1 is 1.19 bits per heavy atom. The molecule has 2 aliphatic rings. The van der Waals surface area contributed by atoms with Gasteiger partial charge in [0.25, 0.3) is 5.91 Å². The lowest BCUT2D eigenvalue weighted by Gasteiger charge is -2.29. The number of hydrogen-bond donors (Lipinski definition) is 1. The van der Waals surface area contributed by atoms with Crippen molar-refractivity contribution in [2.75, 3.05) is 20.8 Å². The number of hydrogen-bond acceptors (Lipinski definition) is 4. The summed E-state index contributed by atoms with van der Waals surface area (Å²) in [6, 6.07) is 4.45. The highest BCUT2D eigenvalue weighted by molar-refractivity contribution is 6.07. The smallest absolute Gasteiger partial charge is 0.326 e. The van der Waals surface area contributed by atoms with E-state index in [1.54, 1.807) is 12.1 Å². The summed E-state index contributed by atoms with van der Waals surface area (Å²) in [5.74, 6) is -0.351. The Morgan fingerprint density at radius 3 is 2.48 bits per heavy atom. The van der Waals surface area contributed by atoms with Gasteiger partial charge in [-0.25, -0.2) is 14.1 Å². The Balaban J connectivity index is 1.65. The first-order valence-corrected chi connectivity index (χ1v) is 9.60. The second-order valence-electron chi connectivity index (χ2n) is 7.64. The number of benzene rings is 1. The molecule has 1 aliphatic carbocycles. The second kappa shape index (κ2) is 8.25. The normalized spacial score (nSPS) is 19.9. The Morgan fingerprint density at radius 2 is 1.85 bits per heavy atom. The minimum Gasteiger partial charge on any atom is -0.494 e. The van der Waals surface area contributed by atoms with E-state index >= 15 is 0 Å². The van der Waals surface area contributed by atoms with Crippen molar-refractivity contribution in [2.24, 2.45) is 0 Å². The lowest BCUT2D eigenvalue weighted by Crippen LogP contribution is -2.48. The van der Waals surface area contributed by atoms with Crippen molar-refractivity contribution in [2.45, 2.75) is 57.0 Å². The highest BCUT2D eigenvalue weighted by atomic mass is 19.1. The van der Waals surface area contributed by atoms with Crippen LogP contribution >= 0.6 is 0 Å². The summed E-state index contributed by atoms with van der Waals surface area (Å²) in [4.78, 5) is 28.6. The van der Waals surface area contributed by atoms with E-state index in [1.807, 2.05) is 11.9 Å². The number of halogens is 1. The summed E-state index contributed by atoms with van der Waals surface area (Å²) in [6.45, 7) is 0.602. The molecule has 2 fully saturated rings. The van der Waals surface area contributed by atoms with Gasteiger partial charge in [-0.3, -0.25) is 9.69 Å². The first-order chi connectivity index (χ1) is 12.9. The van der Waals surface area contributed by atoms with Crippen molar-refractivity contribution in [3.8, 4) is 5.75 Å². The molecule has 1 spiro atoms. The molecule has 1 N–H and O–H groups in total. The summed E-state index contributed by atoms with van der Waals surface area (Å²) in [7, 11) is 3.24. The molecule has 3 amide bonds.